The zero-order valence-electron chi connectivity index (χ0n) is 13.7. The molecule has 2 atom stereocenters. The third-order valence-electron chi connectivity index (χ3n) is 4.47. The van der Waals surface area contributed by atoms with Crippen molar-refractivity contribution < 1.29 is 14.4 Å². The normalized spacial score (nSPS) is 26.5. The van der Waals surface area contributed by atoms with Crippen molar-refractivity contribution in [1.82, 2.24) is 9.80 Å². The van der Waals surface area contributed by atoms with Gasteiger partial charge in [0.15, 0.2) is 0 Å². The minimum atomic E-state index is -0.371. The summed E-state index contributed by atoms with van der Waals surface area (Å²) in [5.41, 5.74) is 0. The Morgan fingerprint density at radius 1 is 1.29 bits per heavy atom. The molecule has 0 spiro atoms. The van der Waals surface area contributed by atoms with Crippen LogP contribution >= 0.6 is 23.1 Å². The van der Waals surface area contributed by atoms with Crippen molar-refractivity contribution in [3.63, 3.8) is 0 Å². The molecule has 2 fully saturated rings. The van der Waals surface area contributed by atoms with Gasteiger partial charge in [-0.25, -0.2) is 0 Å². The molecule has 2 unspecified atom stereocenters. The first-order chi connectivity index (χ1) is 11.5. The molecule has 128 valence electrons. The van der Waals surface area contributed by atoms with Gasteiger partial charge >= 0.3 is 0 Å². The summed E-state index contributed by atoms with van der Waals surface area (Å²) in [6.45, 7) is 3.89. The van der Waals surface area contributed by atoms with E-state index in [1.807, 2.05) is 36.3 Å². The Hall–Kier alpha value is -1.60. The molecule has 0 N–H and O–H groups in total. The van der Waals surface area contributed by atoms with Crippen molar-refractivity contribution in [2.24, 2.45) is 0 Å². The first-order valence-corrected chi connectivity index (χ1v) is 9.77. The minimum absolute atomic E-state index is 0.144. The number of hydrogen-bond donors (Lipinski definition) is 0. The van der Waals surface area contributed by atoms with Crippen LogP contribution in [0.15, 0.2) is 22.4 Å². The van der Waals surface area contributed by atoms with Gasteiger partial charge in [-0.2, -0.15) is 0 Å². The van der Waals surface area contributed by atoms with E-state index in [9.17, 15) is 14.4 Å². The molecule has 3 heterocycles. The Labute approximate surface area is 149 Å². The number of thiophene rings is 1. The van der Waals surface area contributed by atoms with E-state index in [2.05, 4.69) is 0 Å². The second-order valence-corrected chi connectivity index (χ2v) is 8.19. The lowest BCUT2D eigenvalue weighted by Crippen LogP contribution is -2.51. The highest BCUT2D eigenvalue weighted by atomic mass is 32.2. The van der Waals surface area contributed by atoms with Gasteiger partial charge in [-0.05, 0) is 62.4 Å². The summed E-state index contributed by atoms with van der Waals surface area (Å²) < 4.78 is 0. The molecular weight excluding hydrogens is 344 g/mol. The number of amides is 3. The van der Waals surface area contributed by atoms with Crippen molar-refractivity contribution in [3.8, 4) is 0 Å². The van der Waals surface area contributed by atoms with Gasteiger partial charge in [0.25, 0.3) is 11.1 Å². The fourth-order valence-electron chi connectivity index (χ4n) is 3.27. The van der Waals surface area contributed by atoms with E-state index in [0.29, 0.717) is 4.91 Å². The van der Waals surface area contributed by atoms with Crippen LogP contribution in [-0.2, 0) is 9.59 Å². The Bertz CT molecular complexity index is 674. The molecule has 0 saturated carbocycles. The maximum Gasteiger partial charge on any atom is 0.294 e. The van der Waals surface area contributed by atoms with Gasteiger partial charge < -0.3 is 4.90 Å². The van der Waals surface area contributed by atoms with E-state index >= 15 is 0 Å². The molecule has 24 heavy (non-hydrogen) atoms. The average molecular weight is 364 g/mol. The maximum absolute atomic E-state index is 12.6. The van der Waals surface area contributed by atoms with Crippen molar-refractivity contribution in [3.05, 3.63) is 27.3 Å². The average Bonchev–Trinajstić information content (AvgIpc) is 3.12. The second kappa shape index (κ2) is 7.11. The standard InChI is InChI=1S/C17H20N2O3S2/c1-11-5-3-6-12(2)19(11)15(20)10-18-16(21)14(24-17(18)22)9-13-7-4-8-23-13/h4,7-9,11-12H,3,5-6,10H2,1-2H3/b14-9-. The third kappa shape index (κ3) is 3.42. The summed E-state index contributed by atoms with van der Waals surface area (Å²) in [5.74, 6) is -0.515. The number of likely N-dealkylation sites (tertiary alicyclic amines) is 1. The highest BCUT2D eigenvalue weighted by Gasteiger charge is 2.38. The summed E-state index contributed by atoms with van der Waals surface area (Å²) in [5, 5.41) is 1.55. The fourth-order valence-corrected chi connectivity index (χ4v) is 4.83. The van der Waals surface area contributed by atoms with Gasteiger partial charge in [-0.1, -0.05) is 6.07 Å². The summed E-state index contributed by atoms with van der Waals surface area (Å²) in [6, 6.07) is 4.09. The topological polar surface area (TPSA) is 57.7 Å². The number of rotatable bonds is 3. The number of nitrogens with zero attached hydrogens (tertiary/aromatic N) is 2. The van der Waals surface area contributed by atoms with E-state index in [-0.39, 0.29) is 35.7 Å². The zero-order valence-corrected chi connectivity index (χ0v) is 15.4. The molecule has 5 nitrogen and oxygen atoms in total. The van der Waals surface area contributed by atoms with Crippen molar-refractivity contribution in [2.45, 2.75) is 45.2 Å². The molecule has 0 bridgehead atoms. The van der Waals surface area contributed by atoms with E-state index in [1.165, 1.54) is 11.3 Å². The van der Waals surface area contributed by atoms with Gasteiger partial charge in [0.05, 0.1) is 4.91 Å². The third-order valence-corrected chi connectivity index (χ3v) is 6.19. The summed E-state index contributed by atoms with van der Waals surface area (Å²) in [7, 11) is 0. The molecular formula is C17H20N2O3S2. The number of carbonyl (C=O) groups is 3. The smallest absolute Gasteiger partial charge is 0.294 e. The highest BCUT2D eigenvalue weighted by Crippen LogP contribution is 2.33. The van der Waals surface area contributed by atoms with Gasteiger partial charge in [0.1, 0.15) is 6.54 Å². The molecule has 7 heteroatoms. The Kier molecular flexibility index (Phi) is 5.10. The van der Waals surface area contributed by atoms with Crippen LogP contribution in [0.3, 0.4) is 0 Å². The van der Waals surface area contributed by atoms with E-state index < -0.39 is 0 Å². The number of hydrogen-bond acceptors (Lipinski definition) is 5. The molecule has 0 radical (unpaired) electrons. The van der Waals surface area contributed by atoms with Crippen LogP contribution in [0.1, 0.15) is 38.0 Å². The van der Waals surface area contributed by atoms with Gasteiger partial charge in [-0.3, -0.25) is 19.3 Å². The highest BCUT2D eigenvalue weighted by molar-refractivity contribution is 8.18. The molecule has 1 aromatic rings. The summed E-state index contributed by atoms with van der Waals surface area (Å²) in [6.07, 6.45) is 4.76. The minimum Gasteiger partial charge on any atom is -0.336 e. The van der Waals surface area contributed by atoms with Crippen LogP contribution < -0.4 is 0 Å². The molecule has 0 aromatic carbocycles. The van der Waals surface area contributed by atoms with E-state index in [4.69, 9.17) is 0 Å². The maximum atomic E-state index is 12.6. The van der Waals surface area contributed by atoms with Gasteiger partial charge in [-0.15, -0.1) is 11.3 Å². The monoisotopic (exact) mass is 364 g/mol. The molecule has 2 aliphatic heterocycles. The van der Waals surface area contributed by atoms with Crippen LogP contribution in [0.2, 0.25) is 0 Å². The van der Waals surface area contributed by atoms with Gasteiger partial charge in [0.2, 0.25) is 5.91 Å². The molecule has 1 aromatic heterocycles. The van der Waals surface area contributed by atoms with Gasteiger partial charge in [0, 0.05) is 17.0 Å². The number of carbonyl (C=O) groups excluding carboxylic acids is 3. The fraction of sp³-hybridized carbons (Fsp3) is 0.471. The number of thioether (sulfide) groups is 1. The quantitative estimate of drug-likeness (QED) is 0.770. The Morgan fingerprint density at radius 3 is 2.62 bits per heavy atom. The molecule has 3 rings (SSSR count). The van der Waals surface area contributed by atoms with E-state index in [0.717, 1.165) is 40.8 Å². The largest absolute Gasteiger partial charge is 0.336 e. The Balaban J connectivity index is 1.72. The summed E-state index contributed by atoms with van der Waals surface area (Å²) >= 11 is 2.41. The molecule has 3 amide bonds. The Morgan fingerprint density at radius 2 is 2.00 bits per heavy atom. The second-order valence-electron chi connectivity index (χ2n) is 6.21. The zero-order chi connectivity index (χ0) is 17.3. The molecule has 0 aliphatic carbocycles. The number of piperidine rings is 1. The lowest BCUT2D eigenvalue weighted by molar-refractivity contribution is -0.140. The van der Waals surface area contributed by atoms with Crippen molar-refractivity contribution in [2.75, 3.05) is 6.54 Å². The van der Waals surface area contributed by atoms with Crippen molar-refractivity contribution in [1.29, 1.82) is 0 Å². The lowest BCUT2D eigenvalue weighted by atomic mass is 9.97. The molecule has 2 saturated heterocycles. The van der Waals surface area contributed by atoms with Crippen LogP contribution in [0.5, 0.6) is 0 Å². The lowest BCUT2D eigenvalue weighted by Gasteiger charge is -2.39. The first kappa shape index (κ1) is 17.2. The molecule has 2 aliphatic rings. The SMILES string of the molecule is CC1CCCC(C)N1C(=O)CN1C(=O)S/C(=C\c2cccs2)C1=O. The van der Waals surface area contributed by atoms with E-state index in [1.54, 1.807) is 6.08 Å². The van der Waals surface area contributed by atoms with Crippen molar-refractivity contribution >= 4 is 46.2 Å². The first-order valence-electron chi connectivity index (χ1n) is 8.07. The van der Waals surface area contributed by atoms with Crippen LogP contribution in [0.25, 0.3) is 6.08 Å². The van der Waals surface area contributed by atoms with Crippen LogP contribution in [0, 0.1) is 0 Å². The predicted molar refractivity (Wildman–Crippen MR) is 96.6 cm³/mol. The number of imide groups is 1. The van der Waals surface area contributed by atoms with Crippen LogP contribution in [-0.4, -0.2) is 45.5 Å². The van der Waals surface area contributed by atoms with Crippen LogP contribution in [0.4, 0.5) is 4.79 Å². The summed E-state index contributed by atoms with van der Waals surface area (Å²) in [4.78, 5) is 41.5. The predicted octanol–water partition coefficient (Wildman–Crippen LogP) is 3.57.